The Hall–Kier alpha value is -3.68. The minimum absolute atomic E-state index is 0.0900. The Bertz CT molecular complexity index is 1000. The molecule has 0 fully saturated rings. The molecule has 29 heavy (non-hydrogen) atoms. The van der Waals surface area contributed by atoms with E-state index in [1.54, 1.807) is 42.6 Å². The fourth-order valence-corrected chi connectivity index (χ4v) is 2.58. The van der Waals surface area contributed by atoms with Crippen LogP contribution in [0.15, 0.2) is 73.1 Å². The van der Waals surface area contributed by atoms with E-state index in [9.17, 15) is 22.8 Å². The lowest BCUT2D eigenvalue weighted by Gasteiger charge is -2.13. The monoisotopic (exact) mass is 399 g/mol. The number of carbonyl (C=O) groups excluding carboxylic acids is 2. The molecule has 0 saturated heterocycles. The maximum atomic E-state index is 12.7. The standard InChI is InChI=1S/C21H16F3N3O2/c22-21(23,24)17-9-7-14(8-10-17)20(29)27-18-6-2-1-4-15(18)13-26-19(28)16-5-3-11-25-12-16/h1-12H,13H2,(H,26,28)(H,27,29). The van der Waals surface area contributed by atoms with Gasteiger partial charge in [0.25, 0.3) is 11.8 Å². The average Bonchev–Trinajstić information content (AvgIpc) is 2.73. The smallest absolute Gasteiger partial charge is 0.348 e. The summed E-state index contributed by atoms with van der Waals surface area (Å²) >= 11 is 0. The second-order valence-electron chi connectivity index (χ2n) is 6.11. The first-order valence-corrected chi connectivity index (χ1v) is 8.59. The van der Waals surface area contributed by atoms with Crippen molar-refractivity contribution < 1.29 is 22.8 Å². The topological polar surface area (TPSA) is 71.1 Å². The third-order valence-electron chi connectivity index (χ3n) is 4.10. The van der Waals surface area contributed by atoms with E-state index in [1.807, 2.05) is 0 Å². The van der Waals surface area contributed by atoms with Crippen LogP contribution in [-0.4, -0.2) is 16.8 Å². The summed E-state index contributed by atoms with van der Waals surface area (Å²) in [6, 6.07) is 14.0. The Kier molecular flexibility index (Phi) is 5.92. The highest BCUT2D eigenvalue weighted by atomic mass is 19.4. The van der Waals surface area contributed by atoms with Gasteiger partial charge in [0.2, 0.25) is 0 Å². The molecular weight excluding hydrogens is 383 g/mol. The van der Waals surface area contributed by atoms with Crippen molar-refractivity contribution in [3.63, 3.8) is 0 Å². The van der Waals surface area contributed by atoms with Crippen molar-refractivity contribution in [3.8, 4) is 0 Å². The molecule has 3 rings (SSSR count). The number of hydrogen-bond acceptors (Lipinski definition) is 3. The largest absolute Gasteiger partial charge is 0.416 e. The molecule has 0 spiro atoms. The van der Waals surface area contributed by atoms with Crippen LogP contribution in [0.1, 0.15) is 31.8 Å². The summed E-state index contributed by atoms with van der Waals surface area (Å²) in [6.07, 6.45) is -1.47. The van der Waals surface area contributed by atoms with Crippen LogP contribution < -0.4 is 10.6 Å². The molecule has 0 unspecified atom stereocenters. The zero-order valence-corrected chi connectivity index (χ0v) is 15.0. The highest BCUT2D eigenvalue weighted by molar-refractivity contribution is 6.04. The van der Waals surface area contributed by atoms with Gasteiger partial charge >= 0.3 is 6.18 Å². The van der Waals surface area contributed by atoms with Crippen LogP contribution in [0.2, 0.25) is 0 Å². The van der Waals surface area contributed by atoms with E-state index < -0.39 is 17.6 Å². The van der Waals surface area contributed by atoms with E-state index in [2.05, 4.69) is 15.6 Å². The van der Waals surface area contributed by atoms with Gasteiger partial charge in [-0.3, -0.25) is 14.6 Å². The van der Waals surface area contributed by atoms with Crippen molar-refractivity contribution in [2.45, 2.75) is 12.7 Å². The Balaban J connectivity index is 1.68. The highest BCUT2D eigenvalue weighted by Gasteiger charge is 2.30. The van der Waals surface area contributed by atoms with Crippen LogP contribution in [0, 0.1) is 0 Å². The van der Waals surface area contributed by atoms with Crippen LogP contribution in [-0.2, 0) is 12.7 Å². The maximum Gasteiger partial charge on any atom is 0.416 e. The number of para-hydroxylation sites is 1. The fourth-order valence-electron chi connectivity index (χ4n) is 2.58. The zero-order valence-electron chi connectivity index (χ0n) is 15.0. The molecule has 2 amide bonds. The molecule has 0 aliphatic heterocycles. The molecule has 148 valence electrons. The first-order valence-electron chi connectivity index (χ1n) is 8.59. The summed E-state index contributed by atoms with van der Waals surface area (Å²) < 4.78 is 38.0. The summed E-state index contributed by atoms with van der Waals surface area (Å²) in [5.41, 5.74) is 0.757. The Labute approximate surface area is 164 Å². The second kappa shape index (κ2) is 8.55. The Morgan fingerprint density at radius 1 is 0.862 bits per heavy atom. The number of rotatable bonds is 5. The van der Waals surface area contributed by atoms with Crippen LogP contribution in [0.4, 0.5) is 18.9 Å². The first-order chi connectivity index (χ1) is 13.8. The lowest BCUT2D eigenvalue weighted by Crippen LogP contribution is -2.24. The number of halogens is 3. The minimum atomic E-state index is -4.46. The van der Waals surface area contributed by atoms with Crippen molar-refractivity contribution in [2.75, 3.05) is 5.32 Å². The summed E-state index contributed by atoms with van der Waals surface area (Å²) in [5, 5.41) is 5.40. The van der Waals surface area contributed by atoms with Gasteiger partial charge in [-0.2, -0.15) is 13.2 Å². The average molecular weight is 399 g/mol. The molecule has 5 nitrogen and oxygen atoms in total. The molecule has 1 aromatic heterocycles. The van der Waals surface area contributed by atoms with Crippen molar-refractivity contribution in [2.24, 2.45) is 0 Å². The number of aromatic nitrogens is 1. The van der Waals surface area contributed by atoms with Crippen LogP contribution in [0.3, 0.4) is 0 Å². The second-order valence-corrected chi connectivity index (χ2v) is 6.11. The van der Waals surface area contributed by atoms with Crippen LogP contribution in [0.25, 0.3) is 0 Å². The summed E-state index contributed by atoms with van der Waals surface area (Å²) in [7, 11) is 0. The predicted octanol–water partition coefficient (Wildman–Crippen LogP) is 4.28. The molecule has 2 aromatic carbocycles. The van der Waals surface area contributed by atoms with Gasteiger partial charge in [-0.1, -0.05) is 18.2 Å². The third-order valence-corrected chi connectivity index (χ3v) is 4.10. The van der Waals surface area contributed by atoms with Crippen molar-refractivity contribution >= 4 is 17.5 Å². The lowest BCUT2D eigenvalue weighted by atomic mass is 10.1. The third kappa shape index (κ3) is 5.19. The van der Waals surface area contributed by atoms with Gasteiger partial charge in [-0.05, 0) is 48.0 Å². The number of benzene rings is 2. The van der Waals surface area contributed by atoms with Gasteiger partial charge < -0.3 is 10.6 Å². The number of nitrogens with zero attached hydrogens (tertiary/aromatic N) is 1. The molecule has 2 N–H and O–H groups in total. The van der Waals surface area contributed by atoms with E-state index in [1.165, 1.54) is 6.20 Å². The van der Waals surface area contributed by atoms with Gasteiger partial charge in [-0.15, -0.1) is 0 Å². The summed E-state index contributed by atoms with van der Waals surface area (Å²) in [6.45, 7) is 0.150. The number of amides is 2. The van der Waals surface area contributed by atoms with Gasteiger partial charge in [-0.25, -0.2) is 0 Å². The molecule has 1 heterocycles. The molecule has 0 radical (unpaired) electrons. The van der Waals surface area contributed by atoms with Crippen molar-refractivity contribution in [1.82, 2.24) is 10.3 Å². The van der Waals surface area contributed by atoms with Gasteiger partial charge in [0.1, 0.15) is 0 Å². The van der Waals surface area contributed by atoms with Gasteiger partial charge in [0.05, 0.1) is 11.1 Å². The quantitative estimate of drug-likeness (QED) is 0.673. The van der Waals surface area contributed by atoms with Crippen LogP contribution >= 0.6 is 0 Å². The Morgan fingerprint density at radius 2 is 1.59 bits per heavy atom. The number of alkyl halides is 3. The number of carbonyl (C=O) groups is 2. The van der Waals surface area contributed by atoms with Crippen LogP contribution in [0.5, 0.6) is 0 Å². The SMILES string of the molecule is O=C(NCc1ccccc1NC(=O)c1ccc(C(F)(F)F)cc1)c1cccnc1. The molecular formula is C21H16F3N3O2. The molecule has 0 atom stereocenters. The number of pyridine rings is 1. The highest BCUT2D eigenvalue weighted by Crippen LogP contribution is 2.29. The fraction of sp³-hybridized carbons (Fsp3) is 0.0952. The van der Waals surface area contributed by atoms with E-state index >= 15 is 0 Å². The minimum Gasteiger partial charge on any atom is -0.348 e. The molecule has 8 heteroatoms. The molecule has 0 aliphatic carbocycles. The number of hydrogen-bond donors (Lipinski definition) is 2. The number of anilines is 1. The molecule has 0 saturated carbocycles. The normalized spacial score (nSPS) is 11.0. The van der Waals surface area contributed by atoms with E-state index in [-0.39, 0.29) is 18.0 Å². The predicted molar refractivity (Wildman–Crippen MR) is 101 cm³/mol. The van der Waals surface area contributed by atoms with E-state index in [4.69, 9.17) is 0 Å². The summed E-state index contributed by atoms with van der Waals surface area (Å²) in [5.74, 6) is -0.869. The number of nitrogens with one attached hydrogen (secondary N) is 2. The lowest BCUT2D eigenvalue weighted by molar-refractivity contribution is -0.137. The summed E-state index contributed by atoms with van der Waals surface area (Å²) in [4.78, 5) is 28.4. The first kappa shape index (κ1) is 20.1. The zero-order chi connectivity index (χ0) is 20.9. The van der Waals surface area contributed by atoms with Gasteiger partial charge in [0.15, 0.2) is 0 Å². The van der Waals surface area contributed by atoms with E-state index in [0.717, 1.165) is 24.3 Å². The Morgan fingerprint density at radius 3 is 2.24 bits per heavy atom. The molecule has 0 bridgehead atoms. The van der Waals surface area contributed by atoms with E-state index in [0.29, 0.717) is 16.8 Å². The van der Waals surface area contributed by atoms with Gasteiger partial charge in [0, 0.05) is 30.2 Å². The van der Waals surface area contributed by atoms with Crippen molar-refractivity contribution in [3.05, 3.63) is 95.3 Å². The molecule has 0 aliphatic rings. The molecule has 3 aromatic rings. The maximum absolute atomic E-state index is 12.7. The van der Waals surface area contributed by atoms with Crippen molar-refractivity contribution in [1.29, 1.82) is 0 Å².